The summed E-state index contributed by atoms with van der Waals surface area (Å²) >= 11 is 6.90. The van der Waals surface area contributed by atoms with E-state index in [9.17, 15) is 14.9 Å². The van der Waals surface area contributed by atoms with E-state index in [0.717, 1.165) is 0 Å². The SMILES string of the molecule is N[C@@H](CSCc1ccc(Cl)cc1[N+](=O)[O-])C(=O)O. The number of carboxylic acid groups (broad SMARTS) is 1. The van der Waals surface area contributed by atoms with Crippen LogP contribution >= 0.6 is 23.4 Å². The van der Waals surface area contributed by atoms with Gasteiger partial charge in [-0.15, -0.1) is 0 Å². The smallest absolute Gasteiger partial charge is 0.321 e. The molecule has 1 aromatic rings. The molecule has 8 heteroatoms. The molecule has 0 aromatic heterocycles. The summed E-state index contributed by atoms with van der Waals surface area (Å²) in [6, 6.07) is 3.41. The zero-order valence-electron chi connectivity index (χ0n) is 9.21. The van der Waals surface area contributed by atoms with Crippen LogP contribution in [0.15, 0.2) is 18.2 Å². The van der Waals surface area contributed by atoms with Gasteiger partial charge in [-0.3, -0.25) is 14.9 Å². The van der Waals surface area contributed by atoms with Gasteiger partial charge >= 0.3 is 5.97 Å². The number of hydrogen-bond acceptors (Lipinski definition) is 5. The fourth-order valence-electron chi connectivity index (χ4n) is 1.20. The Morgan fingerprint density at radius 2 is 2.28 bits per heavy atom. The molecule has 1 aromatic carbocycles. The summed E-state index contributed by atoms with van der Waals surface area (Å²) in [5.74, 6) is -0.586. The van der Waals surface area contributed by atoms with Crippen LogP contribution in [0.2, 0.25) is 5.02 Å². The van der Waals surface area contributed by atoms with Crippen LogP contribution in [0.4, 0.5) is 5.69 Å². The van der Waals surface area contributed by atoms with Gasteiger partial charge in [-0.2, -0.15) is 11.8 Å². The zero-order chi connectivity index (χ0) is 13.7. The molecule has 0 bridgehead atoms. The highest BCUT2D eigenvalue weighted by atomic mass is 35.5. The number of nitro benzene ring substituents is 1. The summed E-state index contributed by atoms with van der Waals surface area (Å²) in [7, 11) is 0. The Balaban J connectivity index is 2.67. The van der Waals surface area contributed by atoms with Crippen LogP contribution in [0.1, 0.15) is 5.56 Å². The molecule has 3 N–H and O–H groups in total. The Morgan fingerprint density at radius 3 is 2.83 bits per heavy atom. The van der Waals surface area contributed by atoms with E-state index in [-0.39, 0.29) is 16.5 Å². The maximum Gasteiger partial charge on any atom is 0.321 e. The lowest BCUT2D eigenvalue weighted by Gasteiger charge is -2.06. The summed E-state index contributed by atoms with van der Waals surface area (Å²) in [6.07, 6.45) is 0. The van der Waals surface area contributed by atoms with Gasteiger partial charge in [0.25, 0.3) is 5.69 Å². The third kappa shape index (κ3) is 4.17. The van der Waals surface area contributed by atoms with E-state index in [2.05, 4.69) is 0 Å². The first kappa shape index (κ1) is 14.7. The Morgan fingerprint density at radius 1 is 1.61 bits per heavy atom. The fraction of sp³-hybridized carbons (Fsp3) is 0.300. The minimum Gasteiger partial charge on any atom is -0.480 e. The quantitative estimate of drug-likeness (QED) is 0.612. The van der Waals surface area contributed by atoms with Crippen LogP contribution in [0, 0.1) is 10.1 Å². The van der Waals surface area contributed by atoms with Crippen LogP contribution in [-0.4, -0.2) is 27.8 Å². The Bertz CT molecular complexity index is 469. The number of thioether (sulfide) groups is 1. The third-order valence-corrected chi connectivity index (χ3v) is 3.46. The second kappa shape index (κ2) is 6.58. The van der Waals surface area contributed by atoms with E-state index >= 15 is 0 Å². The second-order valence-electron chi connectivity index (χ2n) is 3.49. The molecular weight excluding hydrogens is 280 g/mol. The largest absolute Gasteiger partial charge is 0.480 e. The summed E-state index contributed by atoms with van der Waals surface area (Å²) in [6.45, 7) is 0. The first-order chi connectivity index (χ1) is 8.41. The maximum absolute atomic E-state index is 10.8. The summed E-state index contributed by atoms with van der Waals surface area (Å²) < 4.78 is 0. The lowest BCUT2D eigenvalue weighted by molar-refractivity contribution is -0.385. The molecule has 0 aliphatic heterocycles. The first-order valence-corrected chi connectivity index (χ1v) is 6.44. The fourth-order valence-corrected chi connectivity index (χ4v) is 2.34. The lowest BCUT2D eigenvalue weighted by Crippen LogP contribution is -2.32. The molecule has 1 atom stereocenters. The van der Waals surface area contributed by atoms with Crippen molar-refractivity contribution in [3.63, 3.8) is 0 Å². The molecule has 1 rings (SSSR count). The topological polar surface area (TPSA) is 106 Å². The number of nitrogens with two attached hydrogens (primary N) is 1. The van der Waals surface area contributed by atoms with Crippen molar-refractivity contribution in [3.8, 4) is 0 Å². The van der Waals surface area contributed by atoms with Gasteiger partial charge in [0.15, 0.2) is 0 Å². The molecule has 0 aliphatic rings. The van der Waals surface area contributed by atoms with Gasteiger partial charge < -0.3 is 10.8 Å². The van der Waals surface area contributed by atoms with Crippen molar-refractivity contribution >= 4 is 35.0 Å². The molecule has 0 aliphatic carbocycles. The van der Waals surface area contributed by atoms with Gasteiger partial charge in [0.05, 0.1) is 4.92 Å². The maximum atomic E-state index is 10.8. The van der Waals surface area contributed by atoms with Crippen molar-refractivity contribution in [2.75, 3.05) is 5.75 Å². The Kier molecular flexibility index (Phi) is 5.39. The van der Waals surface area contributed by atoms with Gasteiger partial charge in [-0.25, -0.2) is 0 Å². The molecule has 0 heterocycles. The predicted octanol–water partition coefficient (Wildman–Crippen LogP) is 1.89. The molecular formula is C10H11ClN2O4S. The first-order valence-electron chi connectivity index (χ1n) is 4.90. The van der Waals surface area contributed by atoms with E-state index in [1.165, 1.54) is 17.8 Å². The van der Waals surface area contributed by atoms with Crippen LogP contribution in [0.5, 0.6) is 0 Å². The highest BCUT2D eigenvalue weighted by Crippen LogP contribution is 2.26. The minimum atomic E-state index is -1.09. The number of rotatable bonds is 6. The van der Waals surface area contributed by atoms with Crippen LogP contribution in [-0.2, 0) is 10.5 Å². The number of halogens is 1. The van der Waals surface area contributed by atoms with Crippen molar-refractivity contribution in [1.82, 2.24) is 0 Å². The number of nitrogens with zero attached hydrogens (tertiary/aromatic N) is 1. The number of hydrogen-bond donors (Lipinski definition) is 2. The van der Waals surface area contributed by atoms with Crippen LogP contribution in [0.3, 0.4) is 0 Å². The third-order valence-electron chi connectivity index (χ3n) is 2.12. The van der Waals surface area contributed by atoms with Gasteiger partial charge in [0.2, 0.25) is 0 Å². The monoisotopic (exact) mass is 290 g/mol. The number of aliphatic carboxylic acids is 1. The van der Waals surface area contributed by atoms with Gasteiger partial charge in [0, 0.05) is 28.2 Å². The van der Waals surface area contributed by atoms with Gasteiger partial charge in [-0.1, -0.05) is 11.6 Å². The summed E-state index contributed by atoms with van der Waals surface area (Å²) in [4.78, 5) is 20.8. The van der Waals surface area contributed by atoms with E-state index in [1.54, 1.807) is 12.1 Å². The molecule has 0 spiro atoms. The standard InChI is InChI=1S/C10H11ClN2O4S/c11-7-2-1-6(9(3-7)13(16)17)4-18-5-8(12)10(14)15/h1-3,8H,4-5,12H2,(H,14,15)/t8-/m0/s1. The van der Waals surface area contributed by atoms with Crippen molar-refractivity contribution in [2.24, 2.45) is 5.73 Å². The van der Waals surface area contributed by atoms with E-state index in [0.29, 0.717) is 11.3 Å². The Hall–Kier alpha value is -1.31. The predicted molar refractivity (Wildman–Crippen MR) is 69.9 cm³/mol. The Labute approximate surface area is 112 Å². The number of carboxylic acids is 1. The summed E-state index contributed by atoms with van der Waals surface area (Å²) in [5.41, 5.74) is 5.75. The van der Waals surface area contributed by atoms with Crippen molar-refractivity contribution in [2.45, 2.75) is 11.8 Å². The average Bonchev–Trinajstić information content (AvgIpc) is 2.30. The zero-order valence-corrected chi connectivity index (χ0v) is 10.8. The lowest BCUT2D eigenvalue weighted by atomic mass is 10.2. The van der Waals surface area contributed by atoms with E-state index < -0.39 is 16.9 Å². The van der Waals surface area contributed by atoms with Crippen LogP contribution in [0.25, 0.3) is 0 Å². The molecule has 0 fully saturated rings. The molecule has 0 unspecified atom stereocenters. The molecule has 6 nitrogen and oxygen atoms in total. The number of carbonyl (C=O) groups is 1. The van der Waals surface area contributed by atoms with Crippen LogP contribution < -0.4 is 5.73 Å². The van der Waals surface area contributed by atoms with Crippen molar-refractivity contribution in [3.05, 3.63) is 38.9 Å². The number of benzene rings is 1. The van der Waals surface area contributed by atoms with Gasteiger partial charge in [-0.05, 0) is 12.1 Å². The molecule has 0 saturated heterocycles. The van der Waals surface area contributed by atoms with Gasteiger partial charge in [0.1, 0.15) is 6.04 Å². The highest BCUT2D eigenvalue weighted by Gasteiger charge is 2.16. The second-order valence-corrected chi connectivity index (χ2v) is 4.96. The van der Waals surface area contributed by atoms with E-state index in [1.807, 2.05) is 0 Å². The molecule has 0 radical (unpaired) electrons. The molecule has 0 saturated carbocycles. The normalized spacial score (nSPS) is 12.1. The molecule has 0 amide bonds. The summed E-state index contributed by atoms with van der Waals surface area (Å²) in [5, 5.41) is 19.7. The average molecular weight is 291 g/mol. The number of nitro groups is 1. The van der Waals surface area contributed by atoms with E-state index in [4.69, 9.17) is 22.4 Å². The molecule has 18 heavy (non-hydrogen) atoms. The van der Waals surface area contributed by atoms with Crippen molar-refractivity contribution in [1.29, 1.82) is 0 Å². The van der Waals surface area contributed by atoms with Crippen molar-refractivity contribution < 1.29 is 14.8 Å². The molecule has 98 valence electrons. The highest BCUT2D eigenvalue weighted by molar-refractivity contribution is 7.98. The minimum absolute atomic E-state index is 0.0705.